The van der Waals surface area contributed by atoms with E-state index in [9.17, 15) is 20.2 Å². The molecule has 0 fully saturated rings. The van der Waals surface area contributed by atoms with Crippen LogP contribution in [0, 0.1) is 21.4 Å². The summed E-state index contributed by atoms with van der Waals surface area (Å²) in [5.74, 6) is -0.831. The van der Waals surface area contributed by atoms with Gasteiger partial charge in [0.25, 0.3) is 5.69 Å². The molecule has 2 rings (SSSR count). The van der Waals surface area contributed by atoms with Gasteiger partial charge >= 0.3 is 5.97 Å². The Morgan fingerprint density at radius 1 is 1.23 bits per heavy atom. The van der Waals surface area contributed by atoms with Crippen LogP contribution < -0.4 is 4.90 Å². The summed E-state index contributed by atoms with van der Waals surface area (Å²) in [6.45, 7) is -0.283. The van der Waals surface area contributed by atoms with E-state index in [-0.39, 0.29) is 23.4 Å². The monoisotopic (exact) mass is 351 g/mol. The van der Waals surface area contributed by atoms with Crippen molar-refractivity contribution in [2.24, 2.45) is 0 Å². The highest BCUT2D eigenvalue weighted by molar-refractivity contribution is 5.97. The lowest BCUT2D eigenvalue weighted by molar-refractivity contribution is -0.385. The second kappa shape index (κ2) is 8.44. The van der Waals surface area contributed by atoms with Gasteiger partial charge in [-0.05, 0) is 29.8 Å². The highest BCUT2D eigenvalue weighted by atomic mass is 16.6. The van der Waals surface area contributed by atoms with Crippen molar-refractivity contribution in [1.29, 1.82) is 5.26 Å². The molecule has 0 radical (unpaired) electrons. The van der Waals surface area contributed by atoms with E-state index in [1.807, 2.05) is 31.1 Å². The number of nitriles is 1. The maximum Gasteiger partial charge on any atom is 0.349 e. The van der Waals surface area contributed by atoms with Crippen LogP contribution in [0.4, 0.5) is 11.4 Å². The van der Waals surface area contributed by atoms with Gasteiger partial charge in [0.2, 0.25) is 0 Å². The summed E-state index contributed by atoms with van der Waals surface area (Å²) >= 11 is 0. The Balaban J connectivity index is 2.12. The Morgan fingerprint density at radius 2 is 1.88 bits per heavy atom. The molecule has 0 N–H and O–H groups in total. The summed E-state index contributed by atoms with van der Waals surface area (Å²) in [6, 6.07) is 15.1. The first kappa shape index (κ1) is 18.7. The molecule has 0 amide bonds. The van der Waals surface area contributed by atoms with Gasteiger partial charge in [-0.25, -0.2) is 4.79 Å². The number of rotatable bonds is 6. The molecule has 0 aliphatic carbocycles. The van der Waals surface area contributed by atoms with Crippen molar-refractivity contribution >= 4 is 23.4 Å². The van der Waals surface area contributed by atoms with E-state index >= 15 is 0 Å². The number of nitrogens with zero attached hydrogens (tertiary/aromatic N) is 3. The molecule has 132 valence electrons. The van der Waals surface area contributed by atoms with Crippen LogP contribution in [0.15, 0.2) is 54.1 Å². The minimum atomic E-state index is -0.831. The van der Waals surface area contributed by atoms with Gasteiger partial charge in [-0.3, -0.25) is 10.1 Å². The molecule has 0 aliphatic heterocycles. The fourth-order valence-corrected chi connectivity index (χ4v) is 2.20. The SMILES string of the molecule is CN(C)c1ccc(/C=C(\C#N)C(=O)OCc2ccccc2[N+](=O)[O-])cc1. The Labute approximate surface area is 150 Å². The first-order valence-corrected chi connectivity index (χ1v) is 7.71. The zero-order valence-electron chi connectivity index (χ0n) is 14.4. The van der Waals surface area contributed by atoms with E-state index < -0.39 is 10.9 Å². The number of nitro benzene ring substituents is 1. The van der Waals surface area contributed by atoms with Crippen molar-refractivity contribution in [3.8, 4) is 6.07 Å². The third kappa shape index (κ3) is 4.68. The minimum Gasteiger partial charge on any atom is -0.456 e. The van der Waals surface area contributed by atoms with E-state index in [1.54, 1.807) is 24.3 Å². The zero-order chi connectivity index (χ0) is 19.1. The molecule has 0 spiro atoms. The predicted molar refractivity (Wildman–Crippen MR) is 97.3 cm³/mol. The van der Waals surface area contributed by atoms with Crippen molar-refractivity contribution < 1.29 is 14.5 Å². The molecular formula is C19H17N3O4. The smallest absolute Gasteiger partial charge is 0.349 e. The molecule has 0 atom stereocenters. The Kier molecular flexibility index (Phi) is 6.06. The number of nitro groups is 1. The summed E-state index contributed by atoms with van der Waals surface area (Å²) in [5, 5.41) is 20.2. The number of carbonyl (C=O) groups is 1. The molecule has 0 aliphatic rings. The average molecular weight is 351 g/mol. The van der Waals surface area contributed by atoms with Gasteiger partial charge < -0.3 is 9.64 Å². The predicted octanol–water partition coefficient (Wildman–Crippen LogP) is 3.31. The summed E-state index contributed by atoms with van der Waals surface area (Å²) in [6.07, 6.45) is 1.42. The largest absolute Gasteiger partial charge is 0.456 e. The Morgan fingerprint density at radius 3 is 2.46 bits per heavy atom. The lowest BCUT2D eigenvalue weighted by Crippen LogP contribution is -2.08. The number of hydrogen-bond donors (Lipinski definition) is 0. The standard InChI is InChI=1S/C19H17N3O4/c1-21(2)17-9-7-14(8-10-17)11-16(12-20)19(23)26-13-15-5-3-4-6-18(15)22(24)25/h3-11H,13H2,1-2H3/b16-11+. The van der Waals surface area contributed by atoms with Gasteiger partial charge in [0.05, 0.1) is 10.5 Å². The van der Waals surface area contributed by atoms with Gasteiger partial charge in [-0.15, -0.1) is 0 Å². The van der Waals surface area contributed by atoms with Crippen molar-refractivity contribution in [1.82, 2.24) is 0 Å². The van der Waals surface area contributed by atoms with Gasteiger partial charge in [0.1, 0.15) is 18.2 Å². The number of anilines is 1. The molecule has 0 saturated carbocycles. The van der Waals surface area contributed by atoms with Gasteiger partial charge in [-0.2, -0.15) is 5.26 Å². The molecule has 0 unspecified atom stereocenters. The lowest BCUT2D eigenvalue weighted by Gasteiger charge is -2.11. The third-order valence-corrected chi connectivity index (χ3v) is 3.61. The second-order valence-electron chi connectivity index (χ2n) is 5.62. The van der Waals surface area contributed by atoms with Crippen LogP contribution in [0.2, 0.25) is 0 Å². The van der Waals surface area contributed by atoms with Crippen molar-refractivity contribution in [2.45, 2.75) is 6.61 Å². The average Bonchev–Trinajstić information content (AvgIpc) is 2.64. The second-order valence-corrected chi connectivity index (χ2v) is 5.62. The topological polar surface area (TPSA) is 96.5 Å². The molecule has 0 heterocycles. The van der Waals surface area contributed by atoms with Crippen LogP contribution in [0.5, 0.6) is 0 Å². The molecule has 26 heavy (non-hydrogen) atoms. The summed E-state index contributed by atoms with van der Waals surface area (Å²) in [5.41, 5.74) is 1.61. The van der Waals surface area contributed by atoms with E-state index in [4.69, 9.17) is 4.74 Å². The number of esters is 1. The first-order chi connectivity index (χ1) is 12.4. The molecule has 0 aromatic heterocycles. The summed E-state index contributed by atoms with van der Waals surface area (Å²) < 4.78 is 5.06. The summed E-state index contributed by atoms with van der Waals surface area (Å²) in [4.78, 5) is 24.5. The van der Waals surface area contributed by atoms with Crippen molar-refractivity contribution in [3.05, 3.63) is 75.3 Å². The van der Waals surface area contributed by atoms with Gasteiger partial charge in [0.15, 0.2) is 0 Å². The van der Waals surface area contributed by atoms with E-state index in [0.29, 0.717) is 5.56 Å². The van der Waals surface area contributed by atoms with Crippen LogP contribution >= 0.6 is 0 Å². The molecular weight excluding hydrogens is 334 g/mol. The number of benzene rings is 2. The Bertz CT molecular complexity index is 880. The summed E-state index contributed by atoms with van der Waals surface area (Å²) in [7, 11) is 3.82. The molecule has 7 nitrogen and oxygen atoms in total. The highest BCUT2D eigenvalue weighted by Crippen LogP contribution is 2.19. The van der Waals surface area contributed by atoms with Crippen LogP contribution in [0.1, 0.15) is 11.1 Å². The van der Waals surface area contributed by atoms with Gasteiger partial charge in [0, 0.05) is 25.8 Å². The molecule has 0 saturated heterocycles. The fraction of sp³-hybridized carbons (Fsp3) is 0.158. The number of carbonyl (C=O) groups excluding carboxylic acids is 1. The molecule has 2 aromatic rings. The van der Waals surface area contributed by atoms with E-state index in [1.165, 1.54) is 24.3 Å². The third-order valence-electron chi connectivity index (χ3n) is 3.61. The van der Waals surface area contributed by atoms with Crippen molar-refractivity contribution in [3.63, 3.8) is 0 Å². The van der Waals surface area contributed by atoms with Crippen LogP contribution in [-0.4, -0.2) is 25.0 Å². The van der Waals surface area contributed by atoms with E-state index in [0.717, 1.165) is 5.69 Å². The zero-order valence-corrected chi connectivity index (χ0v) is 14.4. The number of para-hydroxylation sites is 1. The van der Waals surface area contributed by atoms with Crippen molar-refractivity contribution in [2.75, 3.05) is 19.0 Å². The molecule has 7 heteroatoms. The minimum absolute atomic E-state index is 0.137. The number of ether oxygens (including phenoxy) is 1. The van der Waals surface area contributed by atoms with Crippen LogP contribution in [-0.2, 0) is 16.1 Å². The molecule has 2 aromatic carbocycles. The highest BCUT2D eigenvalue weighted by Gasteiger charge is 2.16. The number of hydrogen-bond acceptors (Lipinski definition) is 6. The van der Waals surface area contributed by atoms with Crippen LogP contribution in [0.25, 0.3) is 6.08 Å². The quantitative estimate of drug-likeness (QED) is 0.260. The first-order valence-electron chi connectivity index (χ1n) is 7.71. The lowest BCUT2D eigenvalue weighted by atomic mass is 10.1. The maximum absolute atomic E-state index is 12.1. The fourth-order valence-electron chi connectivity index (χ4n) is 2.20. The normalized spacial score (nSPS) is 10.7. The molecule has 0 bridgehead atoms. The van der Waals surface area contributed by atoms with Gasteiger partial charge in [-0.1, -0.05) is 24.3 Å². The maximum atomic E-state index is 12.1. The Hall–Kier alpha value is -3.66. The van der Waals surface area contributed by atoms with Crippen LogP contribution in [0.3, 0.4) is 0 Å². The van der Waals surface area contributed by atoms with E-state index in [2.05, 4.69) is 0 Å².